The highest BCUT2D eigenvalue weighted by molar-refractivity contribution is 5.39. The van der Waals surface area contributed by atoms with Gasteiger partial charge >= 0.3 is 0 Å². The SMILES string of the molecule is CNCC1CCN(CCc2ccccc2[N+](=O)[O-])C1. The number of nitro groups is 1. The minimum Gasteiger partial charge on any atom is -0.319 e. The second-order valence-electron chi connectivity index (χ2n) is 5.15. The minimum atomic E-state index is -0.289. The van der Waals surface area contributed by atoms with Crippen LogP contribution in [0.2, 0.25) is 0 Å². The van der Waals surface area contributed by atoms with Crippen molar-refractivity contribution in [2.75, 3.05) is 33.2 Å². The highest BCUT2D eigenvalue weighted by atomic mass is 16.6. The van der Waals surface area contributed by atoms with Crippen molar-refractivity contribution in [3.8, 4) is 0 Å². The summed E-state index contributed by atoms with van der Waals surface area (Å²) in [5.41, 5.74) is 1.08. The van der Waals surface area contributed by atoms with Gasteiger partial charge in [-0.1, -0.05) is 18.2 Å². The number of hydrogen-bond donors (Lipinski definition) is 1. The maximum Gasteiger partial charge on any atom is 0.272 e. The van der Waals surface area contributed by atoms with E-state index >= 15 is 0 Å². The number of nitrogens with one attached hydrogen (secondary N) is 1. The van der Waals surface area contributed by atoms with E-state index in [2.05, 4.69) is 10.2 Å². The van der Waals surface area contributed by atoms with Crippen molar-refractivity contribution >= 4 is 5.69 Å². The van der Waals surface area contributed by atoms with Crippen molar-refractivity contribution in [1.29, 1.82) is 0 Å². The van der Waals surface area contributed by atoms with E-state index in [4.69, 9.17) is 0 Å². The Bertz CT molecular complexity index is 436. The van der Waals surface area contributed by atoms with Gasteiger partial charge in [0.05, 0.1) is 4.92 Å². The standard InChI is InChI=1S/C14H21N3O2/c1-15-10-12-6-8-16(11-12)9-7-13-4-2-3-5-14(13)17(18)19/h2-5,12,15H,6-11H2,1H3. The number of para-hydroxylation sites is 1. The molecule has 5 heteroatoms. The molecule has 0 radical (unpaired) electrons. The van der Waals surface area contributed by atoms with Gasteiger partial charge in [-0.3, -0.25) is 10.1 Å². The first kappa shape index (κ1) is 14.0. The summed E-state index contributed by atoms with van der Waals surface area (Å²) in [6.45, 7) is 4.17. The average Bonchev–Trinajstić information content (AvgIpc) is 2.85. The molecule has 2 rings (SSSR count). The van der Waals surface area contributed by atoms with E-state index in [1.165, 1.54) is 6.42 Å². The molecule has 0 aliphatic carbocycles. The summed E-state index contributed by atoms with van der Waals surface area (Å²) in [6.07, 6.45) is 1.97. The van der Waals surface area contributed by atoms with Crippen LogP contribution in [0.15, 0.2) is 24.3 Å². The molecule has 0 aromatic heterocycles. The predicted molar refractivity (Wildman–Crippen MR) is 75.3 cm³/mol. The molecular formula is C14H21N3O2. The molecule has 1 aliphatic rings. The van der Waals surface area contributed by atoms with Crippen molar-refractivity contribution in [3.05, 3.63) is 39.9 Å². The Morgan fingerprint density at radius 3 is 3.00 bits per heavy atom. The van der Waals surface area contributed by atoms with Gasteiger partial charge in [-0.05, 0) is 38.9 Å². The Kier molecular flexibility index (Phi) is 4.87. The van der Waals surface area contributed by atoms with Crippen LogP contribution in [0, 0.1) is 16.0 Å². The lowest BCUT2D eigenvalue weighted by Gasteiger charge is -2.15. The molecule has 1 atom stereocenters. The second kappa shape index (κ2) is 6.63. The number of nitrogens with zero attached hydrogens (tertiary/aromatic N) is 2. The van der Waals surface area contributed by atoms with Crippen LogP contribution in [0.1, 0.15) is 12.0 Å². The molecule has 0 spiro atoms. The quantitative estimate of drug-likeness (QED) is 0.626. The number of rotatable bonds is 6. The van der Waals surface area contributed by atoms with Crippen LogP contribution in [0.25, 0.3) is 0 Å². The monoisotopic (exact) mass is 263 g/mol. The molecule has 0 amide bonds. The predicted octanol–water partition coefficient (Wildman–Crippen LogP) is 1.68. The first-order valence-corrected chi connectivity index (χ1v) is 6.80. The Balaban J connectivity index is 1.88. The van der Waals surface area contributed by atoms with Gasteiger partial charge in [0.15, 0.2) is 0 Å². The number of benzene rings is 1. The summed E-state index contributed by atoms with van der Waals surface area (Å²) in [7, 11) is 1.98. The van der Waals surface area contributed by atoms with Crippen LogP contribution in [-0.2, 0) is 6.42 Å². The Morgan fingerprint density at radius 2 is 2.26 bits per heavy atom. The van der Waals surface area contributed by atoms with E-state index in [9.17, 15) is 10.1 Å². The Labute approximate surface area is 113 Å². The zero-order valence-corrected chi connectivity index (χ0v) is 11.3. The van der Waals surface area contributed by atoms with Gasteiger partial charge in [-0.25, -0.2) is 0 Å². The summed E-state index contributed by atoms with van der Waals surface area (Å²) < 4.78 is 0. The van der Waals surface area contributed by atoms with E-state index in [1.807, 2.05) is 19.2 Å². The molecule has 1 saturated heterocycles. The van der Waals surface area contributed by atoms with Gasteiger partial charge in [0, 0.05) is 24.7 Å². The third-order valence-corrected chi connectivity index (χ3v) is 3.75. The molecule has 0 bridgehead atoms. The summed E-state index contributed by atoms with van der Waals surface area (Å²) in [5, 5.41) is 14.2. The van der Waals surface area contributed by atoms with Gasteiger partial charge in [0.1, 0.15) is 0 Å². The van der Waals surface area contributed by atoms with E-state index in [1.54, 1.807) is 12.1 Å². The first-order chi connectivity index (χ1) is 9.20. The lowest BCUT2D eigenvalue weighted by atomic mass is 10.1. The average molecular weight is 263 g/mol. The maximum atomic E-state index is 10.9. The number of likely N-dealkylation sites (tertiary alicyclic amines) is 1. The minimum absolute atomic E-state index is 0.244. The Morgan fingerprint density at radius 1 is 1.47 bits per heavy atom. The van der Waals surface area contributed by atoms with E-state index < -0.39 is 0 Å². The second-order valence-corrected chi connectivity index (χ2v) is 5.15. The third kappa shape index (κ3) is 3.75. The third-order valence-electron chi connectivity index (χ3n) is 3.75. The van der Waals surface area contributed by atoms with Gasteiger partial charge in [0.2, 0.25) is 0 Å². The molecule has 1 aromatic rings. The number of hydrogen-bond acceptors (Lipinski definition) is 4. The van der Waals surface area contributed by atoms with E-state index in [0.717, 1.165) is 44.1 Å². The molecule has 1 aliphatic heterocycles. The molecule has 0 saturated carbocycles. The van der Waals surface area contributed by atoms with Gasteiger partial charge in [-0.2, -0.15) is 0 Å². The van der Waals surface area contributed by atoms with E-state index in [-0.39, 0.29) is 10.6 Å². The fourth-order valence-corrected chi connectivity index (χ4v) is 2.75. The largest absolute Gasteiger partial charge is 0.319 e. The summed E-state index contributed by atoms with van der Waals surface area (Å²) in [6, 6.07) is 7.04. The molecule has 1 aromatic carbocycles. The molecule has 1 heterocycles. The van der Waals surface area contributed by atoms with Crippen LogP contribution in [0.3, 0.4) is 0 Å². The zero-order valence-electron chi connectivity index (χ0n) is 11.3. The number of nitro benzene ring substituents is 1. The smallest absolute Gasteiger partial charge is 0.272 e. The lowest BCUT2D eigenvalue weighted by molar-refractivity contribution is -0.385. The summed E-state index contributed by atoms with van der Waals surface area (Å²) in [5.74, 6) is 0.718. The van der Waals surface area contributed by atoms with Crippen molar-refractivity contribution in [1.82, 2.24) is 10.2 Å². The summed E-state index contributed by atoms with van der Waals surface area (Å²) in [4.78, 5) is 13.1. The van der Waals surface area contributed by atoms with Crippen LogP contribution >= 0.6 is 0 Å². The Hall–Kier alpha value is -1.46. The maximum absolute atomic E-state index is 10.9. The van der Waals surface area contributed by atoms with Crippen molar-refractivity contribution in [3.63, 3.8) is 0 Å². The van der Waals surface area contributed by atoms with Crippen LogP contribution < -0.4 is 5.32 Å². The van der Waals surface area contributed by atoms with Crippen LogP contribution in [0.5, 0.6) is 0 Å². The molecule has 1 fully saturated rings. The fraction of sp³-hybridized carbons (Fsp3) is 0.571. The lowest BCUT2D eigenvalue weighted by Crippen LogP contribution is -2.26. The van der Waals surface area contributed by atoms with Gasteiger partial charge in [-0.15, -0.1) is 0 Å². The molecular weight excluding hydrogens is 242 g/mol. The highest BCUT2D eigenvalue weighted by Crippen LogP contribution is 2.20. The molecule has 1 N–H and O–H groups in total. The van der Waals surface area contributed by atoms with Crippen molar-refractivity contribution < 1.29 is 4.92 Å². The van der Waals surface area contributed by atoms with Gasteiger partial charge in [0.25, 0.3) is 5.69 Å². The zero-order chi connectivity index (χ0) is 13.7. The van der Waals surface area contributed by atoms with Crippen molar-refractivity contribution in [2.24, 2.45) is 5.92 Å². The van der Waals surface area contributed by atoms with Gasteiger partial charge < -0.3 is 10.2 Å². The first-order valence-electron chi connectivity index (χ1n) is 6.80. The molecule has 104 valence electrons. The topological polar surface area (TPSA) is 58.4 Å². The van der Waals surface area contributed by atoms with Crippen LogP contribution in [0.4, 0.5) is 5.69 Å². The molecule has 19 heavy (non-hydrogen) atoms. The van der Waals surface area contributed by atoms with Crippen molar-refractivity contribution in [2.45, 2.75) is 12.8 Å². The van der Waals surface area contributed by atoms with E-state index in [0.29, 0.717) is 0 Å². The van der Waals surface area contributed by atoms with Crippen LogP contribution in [-0.4, -0.2) is 43.0 Å². The fourth-order valence-electron chi connectivity index (χ4n) is 2.75. The summed E-state index contributed by atoms with van der Waals surface area (Å²) >= 11 is 0. The highest BCUT2D eigenvalue weighted by Gasteiger charge is 2.22. The normalized spacial score (nSPS) is 19.7. The molecule has 5 nitrogen and oxygen atoms in total. The molecule has 1 unspecified atom stereocenters.